The summed E-state index contributed by atoms with van der Waals surface area (Å²) in [6.07, 6.45) is 5.26. The molecule has 5 nitrogen and oxygen atoms in total. The highest BCUT2D eigenvalue weighted by atomic mass is 19.1. The van der Waals surface area contributed by atoms with Gasteiger partial charge in [0.1, 0.15) is 17.6 Å². The molecular formula is C19H24FN3O2. The molecule has 1 N–H and O–H groups in total. The first kappa shape index (κ1) is 17.7. The SMILES string of the molecule is N#Cc1ccc(OC[C@H]2CC[C@@H](NCC(=O)N3CCCC3)C2)cc1F. The number of nitrogens with zero attached hydrogens (tertiary/aromatic N) is 2. The molecule has 0 aromatic heterocycles. The van der Waals surface area contributed by atoms with Gasteiger partial charge in [-0.05, 0) is 50.2 Å². The van der Waals surface area contributed by atoms with Gasteiger partial charge in [-0.15, -0.1) is 0 Å². The predicted octanol–water partition coefficient (Wildman–Crippen LogP) is 2.46. The summed E-state index contributed by atoms with van der Waals surface area (Å²) in [4.78, 5) is 14.0. The molecule has 1 saturated heterocycles. The van der Waals surface area contributed by atoms with E-state index in [0.717, 1.165) is 45.2 Å². The first-order valence-corrected chi connectivity index (χ1v) is 8.99. The number of rotatable bonds is 6. The third-order valence-electron chi connectivity index (χ3n) is 5.09. The minimum Gasteiger partial charge on any atom is -0.493 e. The Kier molecular flexibility index (Phi) is 5.87. The van der Waals surface area contributed by atoms with Crippen LogP contribution in [0.25, 0.3) is 0 Å². The Balaban J connectivity index is 1.38. The molecule has 2 atom stereocenters. The number of likely N-dealkylation sites (tertiary alicyclic amines) is 1. The maximum atomic E-state index is 13.6. The molecule has 1 aromatic rings. The van der Waals surface area contributed by atoms with E-state index in [1.165, 1.54) is 12.1 Å². The molecule has 0 spiro atoms. The van der Waals surface area contributed by atoms with Crippen LogP contribution in [0.1, 0.15) is 37.7 Å². The van der Waals surface area contributed by atoms with Crippen LogP contribution in [0.5, 0.6) is 5.75 Å². The molecule has 2 aliphatic rings. The quantitative estimate of drug-likeness (QED) is 0.860. The number of carbonyl (C=O) groups is 1. The van der Waals surface area contributed by atoms with Gasteiger partial charge in [-0.2, -0.15) is 5.26 Å². The minimum absolute atomic E-state index is 0.0279. The van der Waals surface area contributed by atoms with Crippen molar-refractivity contribution in [3.8, 4) is 11.8 Å². The Morgan fingerprint density at radius 3 is 2.88 bits per heavy atom. The van der Waals surface area contributed by atoms with Gasteiger partial charge in [0.2, 0.25) is 5.91 Å². The summed E-state index contributed by atoms with van der Waals surface area (Å²) >= 11 is 0. The zero-order valence-electron chi connectivity index (χ0n) is 14.3. The zero-order chi connectivity index (χ0) is 17.6. The molecule has 0 radical (unpaired) electrons. The van der Waals surface area contributed by atoms with E-state index in [1.807, 2.05) is 4.90 Å². The number of nitriles is 1. The smallest absolute Gasteiger partial charge is 0.236 e. The second-order valence-electron chi connectivity index (χ2n) is 6.91. The first-order valence-electron chi connectivity index (χ1n) is 8.99. The van der Waals surface area contributed by atoms with E-state index in [4.69, 9.17) is 10.00 Å². The highest BCUT2D eigenvalue weighted by Gasteiger charge is 2.26. The Morgan fingerprint density at radius 2 is 2.16 bits per heavy atom. The molecular weight excluding hydrogens is 321 g/mol. The zero-order valence-corrected chi connectivity index (χ0v) is 14.3. The van der Waals surface area contributed by atoms with Gasteiger partial charge in [0, 0.05) is 25.2 Å². The molecule has 2 fully saturated rings. The fourth-order valence-electron chi connectivity index (χ4n) is 3.61. The molecule has 25 heavy (non-hydrogen) atoms. The molecule has 1 aromatic carbocycles. The van der Waals surface area contributed by atoms with Crippen LogP contribution in [0.4, 0.5) is 4.39 Å². The number of halogens is 1. The number of hydrogen-bond acceptors (Lipinski definition) is 4. The fourth-order valence-corrected chi connectivity index (χ4v) is 3.61. The van der Waals surface area contributed by atoms with Crippen LogP contribution < -0.4 is 10.1 Å². The van der Waals surface area contributed by atoms with Crippen molar-refractivity contribution in [2.24, 2.45) is 5.92 Å². The second kappa shape index (κ2) is 8.30. The van der Waals surface area contributed by atoms with Crippen LogP contribution in [0, 0.1) is 23.1 Å². The van der Waals surface area contributed by atoms with Crippen LogP contribution in [0.2, 0.25) is 0 Å². The van der Waals surface area contributed by atoms with Crippen molar-refractivity contribution in [1.29, 1.82) is 5.26 Å². The molecule has 0 unspecified atom stereocenters. The molecule has 0 bridgehead atoms. The number of carbonyl (C=O) groups excluding carboxylic acids is 1. The standard InChI is InChI=1S/C19H24FN3O2/c20-18-10-17(6-4-15(18)11-21)25-13-14-3-5-16(9-14)22-12-19(24)23-7-1-2-8-23/h4,6,10,14,16,22H,1-3,5,7-9,12-13H2/t14-,16+/m0/s1. The topological polar surface area (TPSA) is 65.4 Å². The minimum atomic E-state index is -0.550. The fraction of sp³-hybridized carbons (Fsp3) is 0.579. The molecule has 1 heterocycles. The lowest BCUT2D eigenvalue weighted by atomic mass is 10.1. The molecule has 134 valence electrons. The maximum absolute atomic E-state index is 13.6. The van der Waals surface area contributed by atoms with Gasteiger partial charge in [-0.25, -0.2) is 4.39 Å². The van der Waals surface area contributed by atoms with E-state index in [0.29, 0.717) is 30.9 Å². The summed E-state index contributed by atoms with van der Waals surface area (Å²) in [5.41, 5.74) is 0.0279. The maximum Gasteiger partial charge on any atom is 0.236 e. The lowest BCUT2D eigenvalue weighted by molar-refractivity contribution is -0.129. The lowest BCUT2D eigenvalue weighted by Crippen LogP contribution is -2.39. The van der Waals surface area contributed by atoms with Crippen molar-refractivity contribution >= 4 is 5.91 Å². The molecule has 1 aliphatic carbocycles. The normalized spacial score (nSPS) is 22.8. The Hall–Kier alpha value is -2.13. The number of hydrogen-bond donors (Lipinski definition) is 1. The molecule has 6 heteroatoms. The molecule has 1 aliphatic heterocycles. The van der Waals surface area contributed by atoms with Crippen molar-refractivity contribution in [3.05, 3.63) is 29.6 Å². The van der Waals surface area contributed by atoms with E-state index < -0.39 is 5.82 Å². The average Bonchev–Trinajstić information content (AvgIpc) is 3.30. The van der Waals surface area contributed by atoms with Crippen molar-refractivity contribution in [2.75, 3.05) is 26.2 Å². The lowest BCUT2D eigenvalue weighted by Gasteiger charge is -2.18. The van der Waals surface area contributed by atoms with Crippen molar-refractivity contribution in [1.82, 2.24) is 10.2 Å². The van der Waals surface area contributed by atoms with E-state index in [9.17, 15) is 9.18 Å². The van der Waals surface area contributed by atoms with Crippen molar-refractivity contribution < 1.29 is 13.9 Å². The summed E-state index contributed by atoms with van der Waals surface area (Å²) in [7, 11) is 0. The van der Waals surface area contributed by atoms with Crippen LogP contribution in [-0.2, 0) is 4.79 Å². The van der Waals surface area contributed by atoms with Crippen LogP contribution in [-0.4, -0.2) is 43.1 Å². The van der Waals surface area contributed by atoms with E-state index in [1.54, 1.807) is 12.1 Å². The monoisotopic (exact) mass is 345 g/mol. The van der Waals surface area contributed by atoms with Gasteiger partial charge >= 0.3 is 0 Å². The predicted molar refractivity (Wildman–Crippen MR) is 91.6 cm³/mol. The summed E-state index contributed by atoms with van der Waals surface area (Å²) in [5, 5.41) is 12.1. The Bertz CT molecular complexity index is 653. The highest BCUT2D eigenvalue weighted by Crippen LogP contribution is 2.27. The number of nitrogens with one attached hydrogen (secondary N) is 1. The summed E-state index contributed by atoms with van der Waals surface area (Å²) in [6, 6.07) is 6.47. The van der Waals surface area contributed by atoms with E-state index in [2.05, 4.69) is 5.32 Å². The van der Waals surface area contributed by atoms with Crippen molar-refractivity contribution in [2.45, 2.75) is 38.1 Å². The Morgan fingerprint density at radius 1 is 1.36 bits per heavy atom. The van der Waals surface area contributed by atoms with Gasteiger partial charge in [-0.1, -0.05) is 0 Å². The van der Waals surface area contributed by atoms with E-state index in [-0.39, 0.29) is 11.5 Å². The average molecular weight is 345 g/mol. The number of ether oxygens (including phenoxy) is 1. The number of benzene rings is 1. The Labute approximate surface area is 147 Å². The molecule has 3 rings (SSSR count). The van der Waals surface area contributed by atoms with Gasteiger partial charge in [0.05, 0.1) is 18.7 Å². The van der Waals surface area contributed by atoms with Gasteiger partial charge in [-0.3, -0.25) is 4.79 Å². The number of amides is 1. The summed E-state index contributed by atoms with van der Waals surface area (Å²) < 4.78 is 19.2. The first-order chi connectivity index (χ1) is 12.2. The molecule has 1 amide bonds. The summed E-state index contributed by atoms with van der Waals surface area (Å²) in [5.74, 6) is 0.506. The molecule has 1 saturated carbocycles. The van der Waals surface area contributed by atoms with Gasteiger partial charge < -0.3 is 15.0 Å². The van der Waals surface area contributed by atoms with Crippen molar-refractivity contribution in [3.63, 3.8) is 0 Å². The van der Waals surface area contributed by atoms with E-state index >= 15 is 0 Å². The van der Waals surface area contributed by atoms with Gasteiger partial charge in [0.25, 0.3) is 0 Å². The van der Waals surface area contributed by atoms with Gasteiger partial charge in [0.15, 0.2) is 0 Å². The third kappa shape index (κ3) is 4.70. The van der Waals surface area contributed by atoms with Crippen LogP contribution in [0.15, 0.2) is 18.2 Å². The van der Waals surface area contributed by atoms with Crippen LogP contribution >= 0.6 is 0 Å². The highest BCUT2D eigenvalue weighted by molar-refractivity contribution is 5.78. The largest absolute Gasteiger partial charge is 0.493 e. The third-order valence-corrected chi connectivity index (χ3v) is 5.09. The summed E-state index contributed by atoms with van der Waals surface area (Å²) in [6.45, 7) is 2.73. The second-order valence-corrected chi connectivity index (χ2v) is 6.91. The van der Waals surface area contributed by atoms with Crippen LogP contribution in [0.3, 0.4) is 0 Å².